The molecule has 0 aromatic heterocycles. The highest BCUT2D eigenvalue weighted by atomic mass is 16.5. The van der Waals surface area contributed by atoms with Crippen molar-refractivity contribution in [1.29, 1.82) is 0 Å². The first-order valence-corrected chi connectivity index (χ1v) is 5.52. The maximum atomic E-state index is 11.7. The van der Waals surface area contributed by atoms with Crippen molar-refractivity contribution in [2.24, 2.45) is 15.9 Å². The Labute approximate surface area is 104 Å². The number of nitrogens with zero attached hydrogens (tertiary/aromatic N) is 3. The van der Waals surface area contributed by atoms with Crippen LogP contribution in [0.25, 0.3) is 0 Å². The average Bonchev–Trinajstić information content (AvgIpc) is 2.35. The highest BCUT2D eigenvalue weighted by Crippen LogP contribution is 2.11. The van der Waals surface area contributed by atoms with Crippen LogP contribution in [-0.2, 0) is 19.1 Å². The van der Waals surface area contributed by atoms with Gasteiger partial charge < -0.3 is 10.5 Å². The molecule has 8 nitrogen and oxygen atoms in total. The molecule has 18 heavy (non-hydrogen) atoms. The Bertz CT molecular complexity index is 330. The van der Waals surface area contributed by atoms with Gasteiger partial charge in [-0.1, -0.05) is 10.2 Å². The molecule has 0 spiro atoms. The molecule has 100 valence electrons. The van der Waals surface area contributed by atoms with Crippen molar-refractivity contribution in [2.75, 3.05) is 13.2 Å². The number of unbranched alkanes of at least 4 members (excludes halogenated alkanes) is 1. The maximum Gasteiger partial charge on any atom is 0.332 e. The van der Waals surface area contributed by atoms with Crippen LogP contribution >= 0.6 is 0 Å². The van der Waals surface area contributed by atoms with E-state index in [1.165, 1.54) is 12.2 Å². The zero-order valence-corrected chi connectivity index (χ0v) is 10.2. The fourth-order valence-electron chi connectivity index (χ4n) is 1.29. The number of nitrogens with two attached hydrogens (primary N) is 1. The number of rotatable bonds is 9. The van der Waals surface area contributed by atoms with Gasteiger partial charge in [-0.2, -0.15) is 0 Å². The smallest absolute Gasteiger partial charge is 0.332 e. The summed E-state index contributed by atoms with van der Waals surface area (Å²) in [6.07, 6.45) is 4.05. The Morgan fingerprint density at radius 3 is 2.39 bits per heavy atom. The van der Waals surface area contributed by atoms with Crippen LogP contribution in [-0.4, -0.2) is 42.4 Å². The van der Waals surface area contributed by atoms with Crippen molar-refractivity contribution in [3.63, 3.8) is 0 Å². The second kappa shape index (κ2) is 10.2. The monoisotopic (exact) mass is 256 g/mol. The van der Waals surface area contributed by atoms with Crippen molar-refractivity contribution < 1.29 is 19.1 Å². The van der Waals surface area contributed by atoms with Crippen LogP contribution in [0.1, 0.15) is 26.2 Å². The van der Waals surface area contributed by atoms with E-state index >= 15 is 0 Å². The molecular weight excluding hydrogens is 240 g/mol. The summed E-state index contributed by atoms with van der Waals surface area (Å²) >= 11 is 0. The van der Waals surface area contributed by atoms with Gasteiger partial charge in [0.25, 0.3) is 12.2 Å². The van der Waals surface area contributed by atoms with E-state index in [0.717, 1.165) is 0 Å². The third kappa shape index (κ3) is 5.91. The molecule has 2 N–H and O–H groups in total. The molecule has 0 bridgehead atoms. The number of carbonyl (C=O) groups excluding carboxylic acids is 3. The van der Waals surface area contributed by atoms with E-state index in [1.54, 1.807) is 6.92 Å². The topological polar surface area (TPSA) is 114 Å². The van der Waals surface area contributed by atoms with Gasteiger partial charge in [0.15, 0.2) is 6.04 Å². The summed E-state index contributed by atoms with van der Waals surface area (Å²) < 4.78 is 4.82. The molecule has 0 fully saturated rings. The van der Waals surface area contributed by atoms with Crippen molar-refractivity contribution in [3.05, 3.63) is 0 Å². The first-order chi connectivity index (χ1) is 8.71. The van der Waals surface area contributed by atoms with Crippen LogP contribution in [0.2, 0.25) is 0 Å². The third-order valence-corrected chi connectivity index (χ3v) is 2.06. The SMILES string of the molecule is CCOC(=O)[C@H](CCCCN)N(N=C=O)N=C=O. The van der Waals surface area contributed by atoms with Crippen LogP contribution in [0, 0.1) is 0 Å². The maximum absolute atomic E-state index is 11.7. The van der Waals surface area contributed by atoms with Crippen molar-refractivity contribution >= 4 is 18.1 Å². The Hall–Kier alpha value is -2.01. The Balaban J connectivity index is 4.83. The van der Waals surface area contributed by atoms with Crippen LogP contribution < -0.4 is 5.73 Å². The summed E-state index contributed by atoms with van der Waals surface area (Å²) in [5.41, 5.74) is 5.34. The predicted molar refractivity (Wildman–Crippen MR) is 61.4 cm³/mol. The fraction of sp³-hybridized carbons (Fsp3) is 0.700. The largest absolute Gasteiger partial charge is 0.464 e. The quantitative estimate of drug-likeness (QED) is 0.202. The minimum atomic E-state index is -0.945. The fourth-order valence-corrected chi connectivity index (χ4v) is 1.29. The molecule has 0 aromatic rings. The molecule has 0 aromatic carbocycles. The summed E-state index contributed by atoms with van der Waals surface area (Å²) in [4.78, 5) is 32.1. The lowest BCUT2D eigenvalue weighted by Gasteiger charge is -2.19. The molecule has 1 atom stereocenters. The highest BCUT2D eigenvalue weighted by molar-refractivity contribution is 5.75. The van der Waals surface area contributed by atoms with E-state index in [1.807, 2.05) is 0 Å². The van der Waals surface area contributed by atoms with E-state index in [9.17, 15) is 14.4 Å². The molecule has 0 heterocycles. The summed E-state index contributed by atoms with van der Waals surface area (Å²) in [6, 6.07) is -0.945. The molecule has 8 heteroatoms. The van der Waals surface area contributed by atoms with E-state index in [4.69, 9.17) is 10.5 Å². The first kappa shape index (κ1) is 16.0. The molecule has 0 rings (SSSR count). The van der Waals surface area contributed by atoms with E-state index < -0.39 is 12.0 Å². The van der Waals surface area contributed by atoms with Gasteiger partial charge in [-0.15, -0.1) is 5.12 Å². The average molecular weight is 256 g/mol. The Morgan fingerprint density at radius 1 is 1.33 bits per heavy atom. The lowest BCUT2D eigenvalue weighted by molar-refractivity contribution is -0.150. The van der Waals surface area contributed by atoms with Gasteiger partial charge in [-0.25, -0.2) is 14.4 Å². The summed E-state index contributed by atoms with van der Waals surface area (Å²) in [7, 11) is 0. The third-order valence-electron chi connectivity index (χ3n) is 2.06. The first-order valence-electron chi connectivity index (χ1n) is 5.52. The second-order valence-electron chi connectivity index (χ2n) is 3.26. The standard InChI is InChI=1S/C10H16N4O4/c1-2-18-10(17)9(5-3-4-6-11)14(12-7-15)13-8-16/h9H,2-6,11H2,1H3/t9-/m0/s1. The van der Waals surface area contributed by atoms with Gasteiger partial charge >= 0.3 is 5.97 Å². The van der Waals surface area contributed by atoms with Gasteiger partial charge in [0.05, 0.1) is 6.61 Å². The van der Waals surface area contributed by atoms with Crippen molar-refractivity contribution in [2.45, 2.75) is 32.2 Å². The minimum absolute atomic E-state index is 0.176. The van der Waals surface area contributed by atoms with Crippen LogP contribution in [0.3, 0.4) is 0 Å². The minimum Gasteiger partial charge on any atom is -0.464 e. The normalized spacial score (nSPS) is 10.8. The number of ether oxygens (including phenoxy) is 1. The molecule has 0 aliphatic carbocycles. The Kier molecular flexibility index (Phi) is 9.03. The van der Waals surface area contributed by atoms with Crippen LogP contribution in [0.4, 0.5) is 0 Å². The molecule has 0 amide bonds. The molecule has 0 saturated carbocycles. The van der Waals surface area contributed by atoms with Gasteiger partial charge in [0, 0.05) is 0 Å². The van der Waals surface area contributed by atoms with Crippen molar-refractivity contribution in [3.8, 4) is 0 Å². The molecular formula is C10H16N4O4. The van der Waals surface area contributed by atoms with Gasteiger partial charge in [-0.05, 0) is 32.7 Å². The summed E-state index contributed by atoms with van der Waals surface area (Å²) in [6.45, 7) is 2.30. The lowest BCUT2D eigenvalue weighted by atomic mass is 10.1. The lowest BCUT2D eigenvalue weighted by Crippen LogP contribution is -2.36. The van der Waals surface area contributed by atoms with Gasteiger partial charge in [0.1, 0.15) is 0 Å². The number of hydrazone groups is 2. The van der Waals surface area contributed by atoms with E-state index in [-0.39, 0.29) is 6.61 Å². The summed E-state index contributed by atoms with van der Waals surface area (Å²) in [5, 5.41) is 6.99. The van der Waals surface area contributed by atoms with Crippen molar-refractivity contribution in [1.82, 2.24) is 5.12 Å². The molecule has 0 aliphatic rings. The predicted octanol–water partition coefficient (Wildman–Crippen LogP) is -0.149. The van der Waals surface area contributed by atoms with E-state index in [2.05, 4.69) is 10.2 Å². The van der Waals surface area contributed by atoms with Crippen LogP contribution in [0.5, 0.6) is 0 Å². The molecule has 0 saturated heterocycles. The Morgan fingerprint density at radius 2 is 1.94 bits per heavy atom. The molecule has 0 aliphatic heterocycles. The van der Waals surface area contributed by atoms with E-state index in [0.29, 0.717) is 30.9 Å². The second-order valence-corrected chi connectivity index (χ2v) is 3.26. The highest BCUT2D eigenvalue weighted by Gasteiger charge is 2.26. The number of hydrogen-bond acceptors (Lipinski definition) is 8. The number of carbonyl (C=O) groups is 1. The van der Waals surface area contributed by atoms with Crippen LogP contribution in [0.15, 0.2) is 10.2 Å². The summed E-state index contributed by atoms with van der Waals surface area (Å²) in [5.74, 6) is -0.618. The zero-order valence-electron chi connectivity index (χ0n) is 10.2. The molecule has 0 unspecified atom stereocenters. The number of isocyanates is 2. The number of hydrogen-bond donors (Lipinski definition) is 1. The van der Waals surface area contributed by atoms with Gasteiger partial charge in [-0.3, -0.25) is 0 Å². The number of esters is 1. The van der Waals surface area contributed by atoms with Gasteiger partial charge in [0.2, 0.25) is 0 Å². The molecule has 0 radical (unpaired) electrons. The zero-order chi connectivity index (χ0) is 13.8.